The number of non-ortho nitro benzene ring substituents is 1. The van der Waals surface area contributed by atoms with Crippen LogP contribution in [0.5, 0.6) is 0 Å². The first-order valence-corrected chi connectivity index (χ1v) is 7.20. The van der Waals surface area contributed by atoms with E-state index in [1.165, 1.54) is 12.1 Å². The molecule has 4 nitrogen and oxygen atoms in total. The van der Waals surface area contributed by atoms with Gasteiger partial charge in [0, 0.05) is 18.7 Å². The summed E-state index contributed by atoms with van der Waals surface area (Å²) in [6.45, 7) is 1.38. The van der Waals surface area contributed by atoms with Gasteiger partial charge in [0.1, 0.15) is 0 Å². The van der Waals surface area contributed by atoms with Gasteiger partial charge in [0.15, 0.2) is 0 Å². The third-order valence-electron chi connectivity index (χ3n) is 3.08. The number of rotatable bonds is 6. The van der Waals surface area contributed by atoms with E-state index in [9.17, 15) is 10.1 Å². The van der Waals surface area contributed by atoms with Crippen molar-refractivity contribution in [2.45, 2.75) is 13.0 Å². The van der Waals surface area contributed by atoms with Crippen LogP contribution in [-0.2, 0) is 13.0 Å². The normalized spacial score (nSPS) is 10.6. The van der Waals surface area contributed by atoms with E-state index < -0.39 is 4.92 Å². The Morgan fingerprint density at radius 2 is 1.81 bits per heavy atom. The maximum Gasteiger partial charge on any atom is 0.269 e. The topological polar surface area (TPSA) is 55.2 Å². The first-order valence-electron chi connectivity index (χ1n) is 6.45. The Kier molecular flexibility index (Phi) is 5.56. The third kappa shape index (κ3) is 4.43. The molecule has 110 valence electrons. The maximum atomic E-state index is 10.6. The van der Waals surface area contributed by atoms with Gasteiger partial charge in [-0.2, -0.15) is 0 Å². The van der Waals surface area contributed by atoms with Crippen LogP contribution >= 0.6 is 23.2 Å². The van der Waals surface area contributed by atoms with Crippen LogP contribution in [0.25, 0.3) is 0 Å². The largest absolute Gasteiger partial charge is 0.312 e. The molecule has 6 heteroatoms. The Morgan fingerprint density at radius 1 is 1.10 bits per heavy atom. The van der Waals surface area contributed by atoms with Gasteiger partial charge < -0.3 is 5.32 Å². The summed E-state index contributed by atoms with van der Waals surface area (Å²) in [6, 6.07) is 12.1. The molecule has 0 amide bonds. The molecule has 1 N–H and O–H groups in total. The first-order chi connectivity index (χ1) is 10.1. The van der Waals surface area contributed by atoms with Crippen molar-refractivity contribution >= 4 is 28.9 Å². The van der Waals surface area contributed by atoms with Crippen LogP contribution in [0.1, 0.15) is 11.1 Å². The lowest BCUT2D eigenvalue weighted by molar-refractivity contribution is -0.384. The van der Waals surface area contributed by atoms with E-state index in [0.717, 1.165) is 24.1 Å². The van der Waals surface area contributed by atoms with Crippen molar-refractivity contribution < 1.29 is 4.92 Å². The van der Waals surface area contributed by atoms with Gasteiger partial charge in [-0.3, -0.25) is 10.1 Å². The average molecular weight is 325 g/mol. The highest BCUT2D eigenvalue weighted by Crippen LogP contribution is 2.25. The molecule has 0 heterocycles. The second-order valence-corrected chi connectivity index (χ2v) is 5.35. The zero-order chi connectivity index (χ0) is 15.2. The number of nitro groups is 1. The van der Waals surface area contributed by atoms with E-state index in [1.807, 2.05) is 12.1 Å². The van der Waals surface area contributed by atoms with Crippen LogP contribution in [0, 0.1) is 10.1 Å². The van der Waals surface area contributed by atoms with Crippen LogP contribution in [0.3, 0.4) is 0 Å². The number of nitrogens with zero attached hydrogens (tertiary/aromatic N) is 1. The fourth-order valence-corrected chi connectivity index (χ4v) is 2.31. The molecule has 0 saturated carbocycles. The monoisotopic (exact) mass is 324 g/mol. The van der Waals surface area contributed by atoms with E-state index in [2.05, 4.69) is 5.32 Å². The second kappa shape index (κ2) is 7.41. The van der Waals surface area contributed by atoms with Crippen molar-refractivity contribution in [2.24, 2.45) is 0 Å². The lowest BCUT2D eigenvalue weighted by Gasteiger charge is -2.08. The quantitative estimate of drug-likeness (QED) is 0.491. The lowest BCUT2D eigenvalue weighted by Crippen LogP contribution is -2.16. The minimum Gasteiger partial charge on any atom is -0.312 e. The van der Waals surface area contributed by atoms with Crippen LogP contribution in [0.2, 0.25) is 10.0 Å². The van der Waals surface area contributed by atoms with Gasteiger partial charge in [0.2, 0.25) is 0 Å². The first kappa shape index (κ1) is 15.8. The highest BCUT2D eigenvalue weighted by atomic mass is 35.5. The molecule has 0 atom stereocenters. The van der Waals surface area contributed by atoms with Crippen LogP contribution in [0.15, 0.2) is 42.5 Å². The Labute approximate surface area is 132 Å². The zero-order valence-electron chi connectivity index (χ0n) is 11.2. The zero-order valence-corrected chi connectivity index (χ0v) is 12.7. The molecule has 2 aromatic rings. The van der Waals surface area contributed by atoms with Crippen molar-refractivity contribution in [3.63, 3.8) is 0 Å². The highest BCUT2D eigenvalue weighted by Gasteiger charge is 2.05. The Morgan fingerprint density at radius 3 is 2.48 bits per heavy atom. The maximum absolute atomic E-state index is 10.6. The van der Waals surface area contributed by atoms with Crippen molar-refractivity contribution in [3.8, 4) is 0 Å². The fraction of sp³-hybridized carbons (Fsp3) is 0.200. The summed E-state index contributed by atoms with van der Waals surface area (Å²) in [4.78, 5) is 10.2. The van der Waals surface area contributed by atoms with Crippen molar-refractivity contribution in [2.75, 3.05) is 6.54 Å². The summed E-state index contributed by atoms with van der Waals surface area (Å²) in [7, 11) is 0. The van der Waals surface area contributed by atoms with E-state index >= 15 is 0 Å². The second-order valence-electron chi connectivity index (χ2n) is 4.56. The Hall–Kier alpha value is -1.62. The number of nitrogens with one attached hydrogen (secondary N) is 1. The minimum atomic E-state index is -0.400. The molecule has 2 rings (SSSR count). The SMILES string of the molecule is O=[N+]([O-])c1ccc(CCNCc2cccc(Cl)c2Cl)cc1. The summed E-state index contributed by atoms with van der Waals surface area (Å²) in [5, 5.41) is 15.0. The highest BCUT2D eigenvalue weighted by molar-refractivity contribution is 6.42. The molecule has 0 saturated heterocycles. The average Bonchev–Trinajstić information content (AvgIpc) is 2.48. The molecule has 0 aliphatic carbocycles. The molecule has 0 aromatic heterocycles. The molecule has 0 fully saturated rings. The molecular formula is C15H14Cl2N2O2. The summed E-state index contributed by atoms with van der Waals surface area (Å²) in [5.41, 5.74) is 2.11. The van der Waals surface area contributed by atoms with Gasteiger partial charge in [-0.1, -0.05) is 47.5 Å². The van der Waals surface area contributed by atoms with Crippen LogP contribution < -0.4 is 5.32 Å². The molecule has 0 aliphatic rings. The van der Waals surface area contributed by atoms with Gasteiger partial charge in [0.05, 0.1) is 15.0 Å². The van der Waals surface area contributed by atoms with Gasteiger partial charge in [-0.15, -0.1) is 0 Å². The van der Waals surface area contributed by atoms with Gasteiger partial charge in [-0.05, 0) is 30.2 Å². The molecule has 0 unspecified atom stereocenters. The summed E-state index contributed by atoms with van der Waals surface area (Å²) in [6.07, 6.45) is 0.788. The van der Waals surface area contributed by atoms with E-state index in [1.54, 1.807) is 18.2 Å². The van der Waals surface area contributed by atoms with Crippen molar-refractivity contribution in [1.82, 2.24) is 5.32 Å². The molecular weight excluding hydrogens is 311 g/mol. The Bertz CT molecular complexity index is 630. The smallest absolute Gasteiger partial charge is 0.269 e. The third-order valence-corrected chi connectivity index (χ3v) is 3.94. The van der Waals surface area contributed by atoms with Crippen molar-refractivity contribution in [1.29, 1.82) is 0 Å². The van der Waals surface area contributed by atoms with Crippen molar-refractivity contribution in [3.05, 3.63) is 73.8 Å². The van der Waals surface area contributed by atoms with Crippen LogP contribution in [0.4, 0.5) is 5.69 Å². The molecule has 0 aliphatic heterocycles. The number of hydrogen-bond donors (Lipinski definition) is 1. The van der Waals surface area contributed by atoms with Gasteiger partial charge in [-0.25, -0.2) is 0 Å². The molecule has 0 spiro atoms. The van der Waals surface area contributed by atoms with Gasteiger partial charge in [0.25, 0.3) is 5.69 Å². The van der Waals surface area contributed by atoms with E-state index in [4.69, 9.17) is 23.2 Å². The predicted octanol–water partition coefficient (Wildman–Crippen LogP) is 4.23. The summed E-state index contributed by atoms with van der Waals surface area (Å²) < 4.78 is 0. The standard InChI is InChI=1S/C15H14Cl2N2O2/c16-14-3-1-2-12(15(14)17)10-18-9-8-11-4-6-13(7-5-11)19(20)21/h1-7,18H,8-10H2. The molecule has 21 heavy (non-hydrogen) atoms. The summed E-state index contributed by atoms with van der Waals surface area (Å²) >= 11 is 12.0. The molecule has 0 radical (unpaired) electrons. The number of benzene rings is 2. The Balaban J connectivity index is 1.82. The minimum absolute atomic E-state index is 0.109. The van der Waals surface area contributed by atoms with Crippen LogP contribution in [-0.4, -0.2) is 11.5 Å². The van der Waals surface area contributed by atoms with Gasteiger partial charge >= 0.3 is 0 Å². The van der Waals surface area contributed by atoms with E-state index in [0.29, 0.717) is 16.6 Å². The predicted molar refractivity (Wildman–Crippen MR) is 85.0 cm³/mol. The lowest BCUT2D eigenvalue weighted by atomic mass is 10.1. The molecule has 2 aromatic carbocycles. The number of hydrogen-bond acceptors (Lipinski definition) is 3. The van der Waals surface area contributed by atoms with E-state index in [-0.39, 0.29) is 5.69 Å². The number of halogens is 2. The molecule has 0 bridgehead atoms. The fourth-order valence-electron chi connectivity index (χ4n) is 1.93. The summed E-state index contributed by atoms with van der Waals surface area (Å²) in [5.74, 6) is 0. The number of nitro benzene ring substituents is 1.